The lowest BCUT2D eigenvalue weighted by Gasteiger charge is -2.17. The molecule has 1 amide bonds. The van der Waals surface area contributed by atoms with Gasteiger partial charge in [-0.25, -0.2) is 0 Å². The van der Waals surface area contributed by atoms with Crippen LogP contribution in [0.15, 0.2) is 48.7 Å². The molecular formula is C24H23F3N4O2. The van der Waals surface area contributed by atoms with Crippen LogP contribution in [0.1, 0.15) is 22.3 Å². The fourth-order valence-electron chi connectivity index (χ4n) is 4.66. The molecule has 1 saturated heterocycles. The van der Waals surface area contributed by atoms with Gasteiger partial charge in [-0.3, -0.25) is 14.0 Å². The third-order valence-corrected chi connectivity index (χ3v) is 6.22. The van der Waals surface area contributed by atoms with Crippen LogP contribution in [0, 0.1) is 5.92 Å². The van der Waals surface area contributed by atoms with Crippen molar-refractivity contribution >= 4 is 27.8 Å². The van der Waals surface area contributed by atoms with E-state index >= 15 is 0 Å². The number of nitrogens with zero attached hydrogens (tertiary/aromatic N) is 4. The van der Waals surface area contributed by atoms with E-state index in [1.165, 1.54) is 12.1 Å². The van der Waals surface area contributed by atoms with Crippen LogP contribution in [-0.4, -0.2) is 52.0 Å². The van der Waals surface area contributed by atoms with Crippen molar-refractivity contribution in [2.45, 2.75) is 12.6 Å². The number of aryl methyl sites for hydroxylation is 1. The Morgan fingerprint density at radius 1 is 1.15 bits per heavy atom. The second-order valence-electron chi connectivity index (χ2n) is 8.51. The number of aromatic nitrogens is 3. The van der Waals surface area contributed by atoms with Crippen molar-refractivity contribution in [1.29, 1.82) is 0 Å². The number of likely N-dealkylation sites (tertiary alicyclic amines) is 1. The Morgan fingerprint density at radius 2 is 1.91 bits per heavy atom. The van der Waals surface area contributed by atoms with E-state index in [-0.39, 0.29) is 5.91 Å². The lowest BCUT2D eigenvalue weighted by molar-refractivity contribution is -0.137. The van der Waals surface area contributed by atoms with Crippen LogP contribution in [0.3, 0.4) is 0 Å². The Kier molecular flexibility index (Phi) is 5.16. The fraction of sp³-hybridized carbons (Fsp3) is 0.333. The third kappa shape index (κ3) is 3.76. The zero-order chi connectivity index (χ0) is 23.3. The normalized spacial score (nSPS) is 16.9. The van der Waals surface area contributed by atoms with Crippen molar-refractivity contribution in [2.24, 2.45) is 13.0 Å². The average molecular weight is 456 g/mol. The van der Waals surface area contributed by atoms with Crippen LogP contribution in [0.2, 0.25) is 0 Å². The zero-order valence-electron chi connectivity index (χ0n) is 18.3. The molecule has 2 aromatic heterocycles. The summed E-state index contributed by atoms with van der Waals surface area (Å²) in [6.07, 6.45) is -1.62. The van der Waals surface area contributed by atoms with Crippen molar-refractivity contribution in [1.82, 2.24) is 19.2 Å². The lowest BCUT2D eigenvalue weighted by atomic mass is 10.1. The summed E-state index contributed by atoms with van der Waals surface area (Å²) in [6.45, 7) is 1.99. The van der Waals surface area contributed by atoms with Gasteiger partial charge in [0.25, 0.3) is 5.91 Å². The smallest absolute Gasteiger partial charge is 0.384 e. The summed E-state index contributed by atoms with van der Waals surface area (Å²) in [6, 6.07) is 10.5. The molecule has 3 heterocycles. The highest BCUT2D eigenvalue weighted by atomic mass is 19.4. The van der Waals surface area contributed by atoms with E-state index in [4.69, 9.17) is 4.74 Å². The van der Waals surface area contributed by atoms with Crippen LogP contribution in [0.25, 0.3) is 27.6 Å². The van der Waals surface area contributed by atoms with E-state index in [1.54, 1.807) is 24.9 Å². The molecule has 0 spiro atoms. The molecule has 1 aliphatic rings. The van der Waals surface area contributed by atoms with Crippen molar-refractivity contribution in [3.63, 3.8) is 0 Å². The quantitative estimate of drug-likeness (QED) is 0.450. The molecule has 1 unspecified atom stereocenters. The first kappa shape index (κ1) is 21.5. The van der Waals surface area contributed by atoms with Crippen LogP contribution >= 0.6 is 0 Å². The molecule has 0 aliphatic carbocycles. The molecule has 9 heteroatoms. The van der Waals surface area contributed by atoms with Crippen LogP contribution < -0.4 is 0 Å². The van der Waals surface area contributed by atoms with Crippen molar-refractivity contribution in [2.75, 3.05) is 26.8 Å². The Hall–Kier alpha value is -3.33. The van der Waals surface area contributed by atoms with Gasteiger partial charge in [0.1, 0.15) is 0 Å². The molecule has 33 heavy (non-hydrogen) atoms. The standard InChI is InChI=1S/C24H23F3N4O2/c1-29-13-20-19-11-16(23(32)30-10-9-15(12-30)14-33-2)3-8-21(19)31(22(20)28-29)18-6-4-17(5-7-18)24(25,26)27/h3-8,11,13,15H,9-10,12,14H2,1-2H3. The highest BCUT2D eigenvalue weighted by Gasteiger charge is 2.30. The molecule has 0 N–H and O–H groups in total. The maximum Gasteiger partial charge on any atom is 0.416 e. The number of ether oxygens (including phenoxy) is 1. The number of hydrogen-bond acceptors (Lipinski definition) is 3. The van der Waals surface area contributed by atoms with Crippen molar-refractivity contribution < 1.29 is 22.7 Å². The third-order valence-electron chi connectivity index (χ3n) is 6.22. The highest BCUT2D eigenvalue weighted by molar-refractivity contribution is 6.10. The summed E-state index contributed by atoms with van der Waals surface area (Å²) >= 11 is 0. The molecule has 1 atom stereocenters. The largest absolute Gasteiger partial charge is 0.416 e. The molecule has 1 fully saturated rings. The Bertz CT molecular complexity index is 1340. The molecule has 4 aromatic rings. The second-order valence-corrected chi connectivity index (χ2v) is 8.51. The van der Waals surface area contributed by atoms with Gasteiger partial charge in [-0.2, -0.15) is 18.3 Å². The van der Waals surface area contributed by atoms with Crippen LogP contribution in [0.4, 0.5) is 13.2 Å². The zero-order valence-corrected chi connectivity index (χ0v) is 18.3. The minimum absolute atomic E-state index is 0.0326. The number of carbonyl (C=O) groups excluding carboxylic acids is 1. The fourth-order valence-corrected chi connectivity index (χ4v) is 4.66. The summed E-state index contributed by atoms with van der Waals surface area (Å²) in [5.41, 5.74) is 1.85. The molecule has 0 saturated carbocycles. The lowest BCUT2D eigenvalue weighted by Crippen LogP contribution is -2.29. The minimum Gasteiger partial charge on any atom is -0.384 e. The van der Waals surface area contributed by atoms with Gasteiger partial charge in [0.15, 0.2) is 5.65 Å². The molecule has 5 rings (SSSR count). The summed E-state index contributed by atoms with van der Waals surface area (Å²) in [7, 11) is 3.46. The summed E-state index contributed by atoms with van der Waals surface area (Å²) < 4.78 is 47.8. The van der Waals surface area contributed by atoms with Crippen molar-refractivity contribution in [3.8, 4) is 5.69 Å². The monoisotopic (exact) mass is 456 g/mol. The van der Waals surface area contributed by atoms with Gasteiger partial charge in [-0.15, -0.1) is 0 Å². The van der Waals surface area contributed by atoms with E-state index < -0.39 is 11.7 Å². The molecular weight excluding hydrogens is 433 g/mol. The first-order valence-corrected chi connectivity index (χ1v) is 10.7. The number of rotatable bonds is 4. The Morgan fingerprint density at radius 3 is 2.61 bits per heavy atom. The number of amides is 1. The first-order valence-electron chi connectivity index (χ1n) is 10.7. The first-order chi connectivity index (χ1) is 15.8. The van der Waals surface area contributed by atoms with E-state index in [0.717, 1.165) is 34.8 Å². The maximum atomic E-state index is 13.1. The van der Waals surface area contributed by atoms with Crippen LogP contribution in [0.5, 0.6) is 0 Å². The average Bonchev–Trinajstić information content (AvgIpc) is 3.47. The molecule has 172 valence electrons. The van der Waals surface area contributed by atoms with Gasteiger partial charge < -0.3 is 9.64 Å². The second kappa shape index (κ2) is 7.91. The number of methoxy groups -OCH3 is 1. The van der Waals surface area contributed by atoms with Gasteiger partial charge in [-0.1, -0.05) is 0 Å². The summed E-state index contributed by atoms with van der Waals surface area (Å²) in [5, 5.41) is 6.19. The number of benzene rings is 2. The minimum atomic E-state index is -4.40. The molecule has 1 aliphatic heterocycles. The molecule has 0 radical (unpaired) electrons. The predicted molar refractivity (Wildman–Crippen MR) is 118 cm³/mol. The number of carbonyl (C=O) groups is 1. The van der Waals surface area contributed by atoms with Gasteiger partial charge in [0, 0.05) is 61.4 Å². The molecule has 2 aromatic carbocycles. The van der Waals surface area contributed by atoms with Crippen molar-refractivity contribution in [3.05, 3.63) is 59.8 Å². The highest BCUT2D eigenvalue weighted by Crippen LogP contribution is 2.34. The van der Waals surface area contributed by atoms with Crippen LogP contribution in [-0.2, 0) is 18.0 Å². The number of alkyl halides is 3. The number of hydrogen-bond donors (Lipinski definition) is 0. The Labute approximate surface area is 188 Å². The Balaban J connectivity index is 1.57. The van der Waals surface area contributed by atoms with E-state index in [2.05, 4.69) is 5.10 Å². The summed E-state index contributed by atoms with van der Waals surface area (Å²) in [4.78, 5) is 15.0. The van der Waals surface area contributed by atoms with Gasteiger partial charge >= 0.3 is 6.18 Å². The van der Waals surface area contributed by atoms with E-state index in [1.807, 2.05) is 27.8 Å². The maximum absolute atomic E-state index is 13.1. The summed E-state index contributed by atoms with van der Waals surface area (Å²) in [5.74, 6) is 0.309. The topological polar surface area (TPSA) is 52.3 Å². The van der Waals surface area contributed by atoms with Gasteiger partial charge in [0.2, 0.25) is 0 Å². The SMILES string of the molecule is COCC1CCN(C(=O)c2ccc3c(c2)c2cn(C)nc2n3-c2ccc(C(F)(F)F)cc2)C1. The van der Waals surface area contributed by atoms with E-state index in [0.29, 0.717) is 42.5 Å². The number of fused-ring (bicyclic) bond motifs is 3. The predicted octanol–water partition coefficient (Wildman–Crippen LogP) is 4.64. The number of halogens is 3. The van der Waals surface area contributed by atoms with Gasteiger partial charge in [0.05, 0.1) is 17.7 Å². The van der Waals surface area contributed by atoms with Gasteiger partial charge in [-0.05, 0) is 48.9 Å². The molecule has 6 nitrogen and oxygen atoms in total. The molecule has 0 bridgehead atoms. The van der Waals surface area contributed by atoms with E-state index in [9.17, 15) is 18.0 Å².